The van der Waals surface area contributed by atoms with E-state index >= 15 is 0 Å². The van der Waals surface area contributed by atoms with E-state index in [2.05, 4.69) is 39.5 Å². The summed E-state index contributed by atoms with van der Waals surface area (Å²) in [5, 5.41) is 10.9. The topological polar surface area (TPSA) is 84.4 Å². The van der Waals surface area contributed by atoms with Gasteiger partial charge < -0.3 is 19.8 Å². The third-order valence-corrected chi connectivity index (χ3v) is 11.1. The van der Waals surface area contributed by atoms with E-state index in [1.807, 2.05) is 36.1 Å². The Kier molecular flexibility index (Phi) is 10.7. The van der Waals surface area contributed by atoms with Gasteiger partial charge in [-0.2, -0.15) is 0 Å². The summed E-state index contributed by atoms with van der Waals surface area (Å²) in [6.45, 7) is 18.5. The maximum absolute atomic E-state index is 14.8. The van der Waals surface area contributed by atoms with Gasteiger partial charge in [-0.05, 0) is 96.8 Å². The number of aliphatic hydroxyl groups is 1. The van der Waals surface area contributed by atoms with Crippen molar-refractivity contribution in [3.05, 3.63) is 34.9 Å². The first-order valence-corrected chi connectivity index (χ1v) is 17.3. The molecule has 4 rings (SSSR count). The van der Waals surface area contributed by atoms with Crippen LogP contribution in [-0.2, 0) is 14.4 Å². The predicted molar refractivity (Wildman–Crippen MR) is 180 cm³/mol. The first-order chi connectivity index (χ1) is 20.9. The van der Waals surface area contributed by atoms with Gasteiger partial charge >= 0.3 is 0 Å². The molecule has 4 atom stereocenters. The molecular formula is C36H57ClN4O4. The van der Waals surface area contributed by atoms with Crippen LogP contribution in [-0.4, -0.2) is 106 Å². The van der Waals surface area contributed by atoms with E-state index < -0.39 is 11.5 Å². The third kappa shape index (κ3) is 7.70. The molecule has 1 N–H and O–H groups in total. The van der Waals surface area contributed by atoms with Gasteiger partial charge in [0.05, 0.1) is 24.0 Å². The van der Waals surface area contributed by atoms with Gasteiger partial charge in [-0.25, -0.2) is 0 Å². The van der Waals surface area contributed by atoms with Gasteiger partial charge in [0.25, 0.3) is 0 Å². The Morgan fingerprint density at radius 2 is 1.58 bits per heavy atom. The highest BCUT2D eigenvalue weighted by Gasteiger charge is 2.51. The first kappa shape index (κ1) is 35.7. The lowest BCUT2D eigenvalue weighted by Gasteiger charge is -2.45. The van der Waals surface area contributed by atoms with Crippen molar-refractivity contribution >= 4 is 29.3 Å². The van der Waals surface area contributed by atoms with Crippen LogP contribution in [0.5, 0.6) is 0 Å². The third-order valence-electron chi connectivity index (χ3n) is 10.9. The zero-order chi connectivity index (χ0) is 33.5. The molecule has 1 aromatic rings. The molecule has 8 nitrogen and oxygen atoms in total. The zero-order valence-electron chi connectivity index (χ0n) is 29.1. The second-order valence-corrected chi connectivity index (χ2v) is 16.7. The predicted octanol–water partition coefficient (Wildman–Crippen LogP) is 5.42. The van der Waals surface area contributed by atoms with Crippen molar-refractivity contribution in [2.45, 2.75) is 117 Å². The van der Waals surface area contributed by atoms with Crippen LogP contribution in [0.3, 0.4) is 0 Å². The van der Waals surface area contributed by atoms with E-state index in [0.29, 0.717) is 31.1 Å². The number of nitrogens with zero attached hydrogens (tertiary/aromatic N) is 4. The summed E-state index contributed by atoms with van der Waals surface area (Å²) in [5.74, 6) is -0.576. The van der Waals surface area contributed by atoms with Crippen molar-refractivity contribution in [3.63, 3.8) is 0 Å². The number of carbonyl (C=O) groups excluding carboxylic acids is 3. The monoisotopic (exact) mass is 644 g/mol. The van der Waals surface area contributed by atoms with Gasteiger partial charge in [-0.3, -0.25) is 19.3 Å². The van der Waals surface area contributed by atoms with Gasteiger partial charge in [0.2, 0.25) is 17.7 Å². The molecule has 0 bridgehead atoms. The van der Waals surface area contributed by atoms with Crippen LogP contribution < -0.4 is 0 Å². The van der Waals surface area contributed by atoms with Crippen molar-refractivity contribution in [2.75, 3.05) is 39.8 Å². The highest BCUT2D eigenvalue weighted by molar-refractivity contribution is 6.30. The fourth-order valence-electron chi connectivity index (χ4n) is 7.47. The number of aliphatic hydroxyl groups excluding tert-OH is 1. The molecule has 3 aliphatic rings. The van der Waals surface area contributed by atoms with Gasteiger partial charge in [-0.1, -0.05) is 37.6 Å². The van der Waals surface area contributed by atoms with Crippen LogP contribution in [0.25, 0.3) is 0 Å². The quantitative estimate of drug-likeness (QED) is 0.409. The molecule has 3 fully saturated rings. The van der Waals surface area contributed by atoms with Crippen LogP contribution in [0.1, 0.15) is 99.0 Å². The standard InChI is InChI=1S/C36H57ClN4O4/c1-10-38(9)32(44)30-19-27(41(33(45)36(7,8)23-42)26-15-17-35(5,6)18-16-26)20-40(30)31(43)29-22-39(34(2,3)4)21-28(29)24-11-13-25(37)14-12-24/h11-14,26-30,42H,10,15-23H2,1-9H3/t27-,28-,29+,30-/m0/s1. The SMILES string of the molecule is CCN(C)C(=O)[C@@H]1C[C@H](N(C(=O)C(C)(C)CO)C2CCC(C)(C)CC2)CN1C(=O)[C@@H]1CN(C(C)(C)C)C[C@H]1c1ccc(Cl)cc1. The summed E-state index contributed by atoms with van der Waals surface area (Å²) in [5.41, 5.74) is 0.205. The van der Waals surface area contributed by atoms with Crippen LogP contribution in [0, 0.1) is 16.7 Å². The number of amides is 3. The zero-order valence-corrected chi connectivity index (χ0v) is 29.9. The number of carbonyl (C=O) groups is 3. The Balaban J connectivity index is 1.72. The molecule has 0 radical (unpaired) electrons. The highest BCUT2D eigenvalue weighted by Crippen LogP contribution is 2.42. The summed E-state index contributed by atoms with van der Waals surface area (Å²) < 4.78 is 0. The summed E-state index contributed by atoms with van der Waals surface area (Å²) in [4.78, 5) is 50.8. The van der Waals surface area contributed by atoms with E-state index in [4.69, 9.17) is 11.6 Å². The molecular weight excluding hydrogens is 588 g/mol. The van der Waals surface area contributed by atoms with Crippen molar-refractivity contribution in [1.82, 2.24) is 19.6 Å². The number of rotatable bonds is 8. The molecule has 3 amide bonds. The van der Waals surface area contributed by atoms with Crippen LogP contribution >= 0.6 is 11.6 Å². The lowest BCUT2D eigenvalue weighted by atomic mass is 9.74. The Morgan fingerprint density at radius 3 is 2.11 bits per heavy atom. The number of likely N-dealkylation sites (N-methyl/N-ethyl adjacent to an activating group) is 1. The van der Waals surface area contributed by atoms with Crippen molar-refractivity contribution in [1.29, 1.82) is 0 Å². The van der Waals surface area contributed by atoms with Crippen molar-refractivity contribution < 1.29 is 19.5 Å². The maximum Gasteiger partial charge on any atom is 0.245 e. The van der Waals surface area contributed by atoms with E-state index in [-0.39, 0.29) is 59.2 Å². The molecule has 1 saturated carbocycles. The lowest BCUT2D eigenvalue weighted by molar-refractivity contribution is -0.149. The summed E-state index contributed by atoms with van der Waals surface area (Å²) in [6.07, 6.45) is 4.17. The normalized spacial score (nSPS) is 26.2. The van der Waals surface area contributed by atoms with E-state index in [1.165, 1.54) is 0 Å². The van der Waals surface area contributed by atoms with E-state index in [0.717, 1.165) is 37.8 Å². The molecule has 2 heterocycles. The second-order valence-electron chi connectivity index (χ2n) is 16.2. The molecule has 0 aromatic heterocycles. The smallest absolute Gasteiger partial charge is 0.245 e. The summed E-state index contributed by atoms with van der Waals surface area (Å²) in [7, 11) is 1.78. The number of hydrogen-bond donors (Lipinski definition) is 1. The van der Waals surface area contributed by atoms with Crippen LogP contribution in [0.15, 0.2) is 24.3 Å². The Morgan fingerprint density at radius 1 is 0.978 bits per heavy atom. The average molecular weight is 645 g/mol. The summed E-state index contributed by atoms with van der Waals surface area (Å²) >= 11 is 6.24. The summed E-state index contributed by atoms with van der Waals surface area (Å²) in [6, 6.07) is 6.86. The molecule has 9 heteroatoms. The van der Waals surface area contributed by atoms with E-state index in [1.54, 1.807) is 30.7 Å². The van der Waals surface area contributed by atoms with Crippen LogP contribution in [0.2, 0.25) is 5.02 Å². The highest BCUT2D eigenvalue weighted by atomic mass is 35.5. The number of halogens is 1. The minimum absolute atomic E-state index is 0.0146. The maximum atomic E-state index is 14.8. The number of likely N-dealkylation sites (tertiary alicyclic amines) is 2. The van der Waals surface area contributed by atoms with E-state index in [9.17, 15) is 19.5 Å². The molecule has 0 unspecified atom stereocenters. The van der Waals surface area contributed by atoms with Crippen molar-refractivity contribution in [3.8, 4) is 0 Å². The molecule has 45 heavy (non-hydrogen) atoms. The Bertz CT molecular complexity index is 1220. The Labute approximate surface area is 276 Å². The van der Waals surface area contributed by atoms with Crippen molar-refractivity contribution in [2.24, 2.45) is 16.7 Å². The molecule has 252 valence electrons. The number of hydrogen-bond acceptors (Lipinski definition) is 5. The second kappa shape index (κ2) is 13.5. The fourth-order valence-corrected chi connectivity index (χ4v) is 7.60. The molecule has 2 aliphatic heterocycles. The van der Waals surface area contributed by atoms with Crippen LogP contribution in [0.4, 0.5) is 0 Å². The first-order valence-electron chi connectivity index (χ1n) is 16.9. The molecule has 1 aromatic carbocycles. The average Bonchev–Trinajstić information content (AvgIpc) is 3.63. The van der Waals surface area contributed by atoms with Gasteiger partial charge in [0.1, 0.15) is 6.04 Å². The fraction of sp³-hybridized carbons (Fsp3) is 0.750. The Hall–Kier alpha value is -2.16. The molecule has 0 spiro atoms. The minimum Gasteiger partial charge on any atom is -0.395 e. The molecule has 1 aliphatic carbocycles. The largest absolute Gasteiger partial charge is 0.395 e. The minimum atomic E-state index is -0.956. The van der Waals surface area contributed by atoms with Gasteiger partial charge in [0.15, 0.2) is 0 Å². The number of benzene rings is 1. The lowest BCUT2D eigenvalue weighted by Crippen LogP contribution is -2.55. The van der Waals surface area contributed by atoms with Gasteiger partial charge in [-0.15, -0.1) is 0 Å². The van der Waals surface area contributed by atoms with Gasteiger partial charge in [0, 0.05) is 55.7 Å². The molecule has 2 saturated heterocycles.